The van der Waals surface area contributed by atoms with Gasteiger partial charge in [0.15, 0.2) is 0 Å². The van der Waals surface area contributed by atoms with Gasteiger partial charge in [-0.3, -0.25) is 4.55 Å². The molecule has 1 heterocycles. The minimum atomic E-state index is -4.15. The third-order valence-corrected chi connectivity index (χ3v) is 7.87. The van der Waals surface area contributed by atoms with E-state index in [-0.39, 0.29) is 9.79 Å². The van der Waals surface area contributed by atoms with E-state index in [1.165, 1.54) is 25.4 Å². The molecule has 8 nitrogen and oxygen atoms in total. The second-order valence-electron chi connectivity index (χ2n) is 7.93. The van der Waals surface area contributed by atoms with Crippen molar-refractivity contribution in [3.05, 3.63) is 77.5 Å². The van der Waals surface area contributed by atoms with E-state index in [0.717, 1.165) is 0 Å². The summed E-state index contributed by atoms with van der Waals surface area (Å²) < 4.78 is 69.3. The lowest BCUT2D eigenvalue weighted by Crippen LogP contribution is -2.03. The first-order valence-corrected chi connectivity index (χ1v) is 13.3. The first-order valence-electron chi connectivity index (χ1n) is 10.2. The molecule has 0 aliphatic heterocycles. The van der Waals surface area contributed by atoms with Crippen LogP contribution in [0.25, 0.3) is 10.9 Å². The van der Waals surface area contributed by atoms with Crippen LogP contribution in [-0.4, -0.2) is 33.5 Å². The topological polar surface area (TPSA) is 123 Å². The van der Waals surface area contributed by atoms with Gasteiger partial charge in [-0.05, 0) is 73.0 Å². The Labute approximate surface area is 197 Å². The van der Waals surface area contributed by atoms with Crippen molar-refractivity contribution in [1.82, 2.24) is 4.98 Å². The Morgan fingerprint density at radius 2 is 1.50 bits per heavy atom. The second-order valence-corrected chi connectivity index (χ2v) is 11.3. The van der Waals surface area contributed by atoms with Crippen LogP contribution in [-0.2, 0) is 25.7 Å². The van der Waals surface area contributed by atoms with Crippen LogP contribution >= 0.6 is 0 Å². The predicted octanol–water partition coefficient (Wildman–Crippen LogP) is 4.81. The van der Waals surface area contributed by atoms with Gasteiger partial charge in [-0.25, -0.2) is 8.42 Å². The molecule has 0 saturated heterocycles. The Balaban J connectivity index is 1.71. The number of aromatic nitrogens is 1. The maximum absolute atomic E-state index is 13.3. The number of hydrogen-bond donors (Lipinski definition) is 2. The highest BCUT2D eigenvalue weighted by Gasteiger charge is 2.22. The summed E-state index contributed by atoms with van der Waals surface area (Å²) in [6.07, 6.45) is 1.45. The Morgan fingerprint density at radius 1 is 0.882 bits per heavy atom. The molecular weight excluding hydrogens is 478 g/mol. The van der Waals surface area contributed by atoms with Gasteiger partial charge in [0.25, 0.3) is 10.1 Å². The van der Waals surface area contributed by atoms with Gasteiger partial charge >= 0.3 is 0 Å². The summed E-state index contributed by atoms with van der Waals surface area (Å²) >= 11 is 0. The van der Waals surface area contributed by atoms with Crippen molar-refractivity contribution >= 4 is 30.9 Å². The molecule has 0 fully saturated rings. The molecule has 4 aromatic rings. The summed E-state index contributed by atoms with van der Waals surface area (Å²) in [6.45, 7) is 3.54. The van der Waals surface area contributed by atoms with Gasteiger partial charge in [-0.2, -0.15) is 8.42 Å². The van der Waals surface area contributed by atoms with Crippen molar-refractivity contribution < 1.29 is 30.9 Å². The minimum absolute atomic E-state index is 0.120. The summed E-state index contributed by atoms with van der Waals surface area (Å²) in [6, 6.07) is 14.5. The molecule has 0 aliphatic carbocycles. The summed E-state index contributed by atoms with van der Waals surface area (Å²) in [5.41, 5.74) is 2.44. The number of ether oxygens (including phenoxy) is 2. The highest BCUT2D eigenvalue weighted by molar-refractivity contribution is 7.91. The Morgan fingerprint density at radius 3 is 2.09 bits per heavy atom. The number of fused-ring (bicyclic) bond motifs is 1. The van der Waals surface area contributed by atoms with Gasteiger partial charge in [0.2, 0.25) is 9.84 Å². The summed E-state index contributed by atoms with van der Waals surface area (Å²) in [5.74, 6) is 1.01. The van der Waals surface area contributed by atoms with Crippen LogP contribution in [0.2, 0.25) is 0 Å². The number of nitrogens with one attached hydrogen (secondary N) is 1. The third-order valence-electron chi connectivity index (χ3n) is 5.36. The van der Waals surface area contributed by atoms with Crippen LogP contribution in [0.15, 0.2) is 70.6 Å². The molecular formula is C24H23NO7S2. The van der Waals surface area contributed by atoms with Gasteiger partial charge in [-0.15, -0.1) is 0 Å². The van der Waals surface area contributed by atoms with Crippen molar-refractivity contribution in [3.8, 4) is 17.2 Å². The van der Waals surface area contributed by atoms with Crippen molar-refractivity contribution in [2.45, 2.75) is 29.4 Å². The maximum atomic E-state index is 13.3. The van der Waals surface area contributed by atoms with E-state index in [1.54, 1.807) is 56.3 Å². The van der Waals surface area contributed by atoms with E-state index >= 15 is 0 Å². The van der Waals surface area contributed by atoms with Gasteiger partial charge in [0.1, 0.15) is 23.0 Å². The van der Waals surface area contributed by atoms with Crippen molar-refractivity contribution in [3.63, 3.8) is 0 Å². The van der Waals surface area contributed by atoms with E-state index in [4.69, 9.17) is 14.0 Å². The SMILES string of the molecule is COc1ccc(S(=O)(=O)c2c[nH]c3ccc(Oc4c(C)cc(CS(=O)(=O)O)cc4C)cc23)cc1. The number of rotatable bonds is 7. The van der Waals surface area contributed by atoms with E-state index in [2.05, 4.69) is 4.98 Å². The average Bonchev–Trinajstić information content (AvgIpc) is 3.19. The van der Waals surface area contributed by atoms with Crippen molar-refractivity contribution in [2.75, 3.05) is 7.11 Å². The molecule has 4 rings (SSSR count). The number of sulfone groups is 1. The summed E-state index contributed by atoms with van der Waals surface area (Å²) in [4.78, 5) is 3.25. The molecule has 34 heavy (non-hydrogen) atoms. The highest BCUT2D eigenvalue weighted by atomic mass is 32.2. The van der Waals surface area contributed by atoms with E-state index in [0.29, 0.717) is 44.8 Å². The molecule has 0 unspecified atom stereocenters. The number of aromatic amines is 1. The Bertz CT molecular complexity index is 1560. The fraction of sp³-hybridized carbons (Fsp3) is 0.167. The zero-order valence-electron chi connectivity index (χ0n) is 18.7. The lowest BCUT2D eigenvalue weighted by atomic mass is 10.1. The van der Waals surface area contributed by atoms with Crippen LogP contribution < -0.4 is 9.47 Å². The molecule has 0 bridgehead atoms. The molecule has 0 spiro atoms. The second kappa shape index (κ2) is 8.79. The highest BCUT2D eigenvalue weighted by Crippen LogP contribution is 2.35. The lowest BCUT2D eigenvalue weighted by molar-refractivity contribution is 0.414. The first kappa shape index (κ1) is 23.8. The zero-order valence-corrected chi connectivity index (χ0v) is 20.3. The lowest BCUT2D eigenvalue weighted by Gasteiger charge is -2.14. The van der Waals surface area contributed by atoms with Crippen LogP contribution in [0.4, 0.5) is 0 Å². The van der Waals surface area contributed by atoms with Crippen LogP contribution in [0, 0.1) is 13.8 Å². The summed E-state index contributed by atoms with van der Waals surface area (Å²) in [5, 5.41) is 0.478. The predicted molar refractivity (Wildman–Crippen MR) is 128 cm³/mol. The smallest absolute Gasteiger partial charge is 0.269 e. The standard InChI is InChI=1S/C24H23NO7S2/c1-15-10-17(14-33(26,27)28)11-16(2)24(15)32-19-6-9-22-21(12-19)23(13-25-22)34(29,30)20-7-4-18(31-3)5-8-20/h4-13,25H,14H2,1-3H3,(H,26,27,28). The number of benzene rings is 3. The largest absolute Gasteiger partial charge is 0.497 e. The molecule has 0 radical (unpaired) electrons. The number of aryl methyl sites for hydroxylation is 2. The van der Waals surface area contributed by atoms with Gasteiger partial charge in [0.05, 0.1) is 16.9 Å². The third kappa shape index (κ3) is 4.79. The quantitative estimate of drug-likeness (QED) is 0.349. The van der Waals surface area contributed by atoms with Crippen molar-refractivity contribution in [1.29, 1.82) is 0 Å². The van der Waals surface area contributed by atoms with E-state index in [1.807, 2.05) is 0 Å². The van der Waals surface area contributed by atoms with Gasteiger partial charge < -0.3 is 14.5 Å². The van der Waals surface area contributed by atoms with Crippen LogP contribution in [0.1, 0.15) is 16.7 Å². The van der Waals surface area contributed by atoms with Gasteiger partial charge in [-0.1, -0.05) is 12.1 Å². The fourth-order valence-electron chi connectivity index (χ4n) is 3.85. The first-order chi connectivity index (χ1) is 16.0. The maximum Gasteiger partial charge on any atom is 0.269 e. The summed E-state index contributed by atoms with van der Waals surface area (Å²) in [7, 11) is -6.44. The normalized spacial score (nSPS) is 12.1. The Hall–Kier alpha value is -3.34. The molecule has 178 valence electrons. The minimum Gasteiger partial charge on any atom is -0.497 e. The number of hydrogen-bond acceptors (Lipinski definition) is 6. The Kier molecular flexibility index (Phi) is 6.15. The monoisotopic (exact) mass is 501 g/mol. The molecule has 1 aromatic heterocycles. The van der Waals surface area contributed by atoms with E-state index in [9.17, 15) is 16.8 Å². The molecule has 0 saturated carbocycles. The fourth-order valence-corrected chi connectivity index (χ4v) is 5.86. The zero-order chi connectivity index (χ0) is 24.7. The molecule has 3 aromatic carbocycles. The van der Waals surface area contributed by atoms with Crippen LogP contribution in [0.3, 0.4) is 0 Å². The molecule has 2 N–H and O–H groups in total. The molecule has 0 aliphatic rings. The molecule has 0 atom stereocenters. The molecule has 0 amide bonds. The van der Waals surface area contributed by atoms with E-state index < -0.39 is 25.7 Å². The average molecular weight is 502 g/mol. The number of H-pyrrole nitrogens is 1. The van der Waals surface area contributed by atoms with Crippen molar-refractivity contribution in [2.24, 2.45) is 0 Å². The van der Waals surface area contributed by atoms with Crippen LogP contribution in [0.5, 0.6) is 17.2 Å². The number of methoxy groups -OCH3 is 1. The molecule has 10 heteroatoms. The van der Waals surface area contributed by atoms with Gasteiger partial charge in [0, 0.05) is 17.1 Å².